The van der Waals surface area contributed by atoms with E-state index in [1.807, 2.05) is 0 Å². The highest BCUT2D eigenvalue weighted by atomic mass is 32.1. The number of ether oxygens (including phenoxy) is 2. The van der Waals surface area contributed by atoms with Gasteiger partial charge in [-0.2, -0.15) is 0 Å². The maximum absolute atomic E-state index is 11.5. The Bertz CT molecular complexity index is 527. The smallest absolute Gasteiger partial charge is 0.348 e. The molecule has 1 aromatic heterocycles. The minimum atomic E-state index is -0.720. The van der Waals surface area contributed by atoms with Gasteiger partial charge in [-0.25, -0.2) is 9.59 Å². The van der Waals surface area contributed by atoms with Gasteiger partial charge in [0, 0.05) is 6.07 Å². The first kappa shape index (κ1) is 15.9. The van der Waals surface area contributed by atoms with E-state index in [9.17, 15) is 19.7 Å². The summed E-state index contributed by atoms with van der Waals surface area (Å²) in [4.78, 5) is 33.3. The molecule has 1 aromatic rings. The summed E-state index contributed by atoms with van der Waals surface area (Å²) < 4.78 is 9.11. The molecular formula is C11H14N2O6S. The zero-order valence-corrected chi connectivity index (χ0v) is 12.0. The number of nitro groups is 1. The van der Waals surface area contributed by atoms with Crippen molar-refractivity contribution in [2.45, 2.75) is 19.4 Å². The predicted molar refractivity (Wildman–Crippen MR) is 72.0 cm³/mol. The molecule has 0 radical (unpaired) electrons. The third-order valence-electron chi connectivity index (χ3n) is 2.50. The van der Waals surface area contributed by atoms with Crippen LogP contribution in [0.2, 0.25) is 0 Å². The Morgan fingerprint density at radius 1 is 1.45 bits per heavy atom. The molecule has 8 nitrogen and oxygen atoms in total. The molecule has 1 atom stereocenters. The summed E-state index contributed by atoms with van der Waals surface area (Å²) in [5.41, 5.74) is -0.280. The number of hydrogen-bond donors (Lipinski definition) is 1. The monoisotopic (exact) mass is 302 g/mol. The Balaban J connectivity index is 3.09. The van der Waals surface area contributed by atoms with Gasteiger partial charge in [-0.3, -0.25) is 10.1 Å². The molecule has 1 heterocycles. The maximum atomic E-state index is 11.5. The highest BCUT2D eigenvalue weighted by Crippen LogP contribution is 2.35. The van der Waals surface area contributed by atoms with Crippen molar-refractivity contribution in [1.29, 1.82) is 0 Å². The fraction of sp³-hybridized carbons (Fsp3) is 0.455. The van der Waals surface area contributed by atoms with Crippen LogP contribution in [-0.2, 0) is 14.3 Å². The number of nitrogens with one attached hydrogen (secondary N) is 1. The van der Waals surface area contributed by atoms with E-state index in [0.29, 0.717) is 6.42 Å². The van der Waals surface area contributed by atoms with Crippen molar-refractivity contribution >= 4 is 34.0 Å². The van der Waals surface area contributed by atoms with Crippen molar-refractivity contribution in [1.82, 2.24) is 0 Å². The zero-order chi connectivity index (χ0) is 15.3. The maximum Gasteiger partial charge on any atom is 0.348 e. The molecule has 0 aliphatic carbocycles. The Labute approximate surface area is 118 Å². The molecular weight excluding hydrogens is 288 g/mol. The third-order valence-corrected chi connectivity index (χ3v) is 3.53. The minimum absolute atomic E-state index is 0.0846. The SMILES string of the molecule is CCC(Nc1sc(C(=O)OC)cc1[N+](=O)[O-])C(=O)OC. The molecule has 0 bridgehead atoms. The van der Waals surface area contributed by atoms with Gasteiger partial charge in [0.05, 0.1) is 19.1 Å². The summed E-state index contributed by atoms with van der Waals surface area (Å²) in [7, 11) is 2.42. The van der Waals surface area contributed by atoms with E-state index in [2.05, 4.69) is 14.8 Å². The summed E-state index contributed by atoms with van der Waals surface area (Å²) in [5, 5.41) is 13.8. The third kappa shape index (κ3) is 3.44. The van der Waals surface area contributed by atoms with E-state index in [0.717, 1.165) is 17.4 Å². The van der Waals surface area contributed by atoms with Gasteiger partial charge in [-0.15, -0.1) is 11.3 Å². The van der Waals surface area contributed by atoms with Crippen LogP contribution in [0.1, 0.15) is 23.0 Å². The van der Waals surface area contributed by atoms with Gasteiger partial charge in [0.2, 0.25) is 0 Å². The average molecular weight is 302 g/mol. The van der Waals surface area contributed by atoms with Crippen LogP contribution in [0.25, 0.3) is 0 Å². The summed E-state index contributed by atoms with van der Waals surface area (Å²) in [6, 6.07) is 0.394. The van der Waals surface area contributed by atoms with E-state index in [1.54, 1.807) is 6.92 Å². The lowest BCUT2D eigenvalue weighted by atomic mass is 10.2. The Morgan fingerprint density at radius 2 is 2.10 bits per heavy atom. The molecule has 1 unspecified atom stereocenters. The lowest BCUT2D eigenvalue weighted by Gasteiger charge is -2.13. The second kappa shape index (κ2) is 6.85. The molecule has 0 aliphatic heterocycles. The van der Waals surface area contributed by atoms with Gasteiger partial charge >= 0.3 is 17.6 Å². The predicted octanol–water partition coefficient (Wildman–Crippen LogP) is 1.81. The number of anilines is 1. The summed E-state index contributed by atoms with van der Waals surface area (Å²) in [5.74, 6) is -1.20. The fourth-order valence-corrected chi connectivity index (χ4v) is 2.45. The molecule has 110 valence electrons. The van der Waals surface area contributed by atoms with Crippen LogP contribution in [0.3, 0.4) is 0 Å². The Kier molecular flexibility index (Phi) is 5.44. The molecule has 0 saturated heterocycles. The first-order valence-electron chi connectivity index (χ1n) is 5.65. The van der Waals surface area contributed by atoms with Gasteiger partial charge in [-0.05, 0) is 6.42 Å². The van der Waals surface area contributed by atoms with Crippen molar-refractivity contribution in [2.75, 3.05) is 19.5 Å². The molecule has 0 fully saturated rings. The normalized spacial score (nSPS) is 11.6. The standard InChI is InChI=1S/C11H14N2O6S/c1-4-6(10(14)18-2)12-9-7(13(16)17)5-8(20-9)11(15)19-3/h5-6,12H,4H2,1-3H3. The number of esters is 2. The molecule has 20 heavy (non-hydrogen) atoms. The van der Waals surface area contributed by atoms with E-state index < -0.39 is 22.9 Å². The van der Waals surface area contributed by atoms with Crippen LogP contribution in [0, 0.1) is 10.1 Å². The van der Waals surface area contributed by atoms with Crippen molar-refractivity contribution in [3.8, 4) is 0 Å². The molecule has 0 spiro atoms. The minimum Gasteiger partial charge on any atom is -0.467 e. The number of hydrogen-bond acceptors (Lipinski definition) is 8. The van der Waals surface area contributed by atoms with Crippen molar-refractivity contribution < 1.29 is 24.0 Å². The van der Waals surface area contributed by atoms with Crippen LogP contribution in [0.5, 0.6) is 0 Å². The number of methoxy groups -OCH3 is 2. The summed E-state index contributed by atoms with van der Waals surface area (Å²) in [6.07, 6.45) is 0.384. The molecule has 0 saturated carbocycles. The number of carbonyl (C=O) groups is 2. The van der Waals surface area contributed by atoms with Gasteiger partial charge in [-0.1, -0.05) is 6.92 Å². The summed E-state index contributed by atoms with van der Waals surface area (Å²) in [6.45, 7) is 1.73. The van der Waals surface area contributed by atoms with Crippen LogP contribution in [-0.4, -0.2) is 37.1 Å². The molecule has 0 aromatic carbocycles. The van der Waals surface area contributed by atoms with Crippen LogP contribution in [0.15, 0.2) is 6.07 Å². The first-order valence-corrected chi connectivity index (χ1v) is 6.47. The molecule has 9 heteroatoms. The molecule has 1 rings (SSSR count). The molecule has 0 amide bonds. The van der Waals surface area contributed by atoms with Crippen LogP contribution >= 0.6 is 11.3 Å². The highest BCUT2D eigenvalue weighted by Gasteiger charge is 2.26. The van der Waals surface area contributed by atoms with Crippen molar-refractivity contribution in [3.63, 3.8) is 0 Å². The number of nitrogens with zero attached hydrogens (tertiary/aromatic N) is 1. The number of carbonyl (C=O) groups excluding carboxylic acids is 2. The Morgan fingerprint density at radius 3 is 2.55 bits per heavy atom. The number of rotatable bonds is 6. The molecule has 1 N–H and O–H groups in total. The quantitative estimate of drug-likeness (QED) is 0.485. The van der Waals surface area contributed by atoms with E-state index in [-0.39, 0.29) is 15.6 Å². The summed E-state index contributed by atoms with van der Waals surface area (Å²) >= 11 is 0.857. The topological polar surface area (TPSA) is 108 Å². The van der Waals surface area contributed by atoms with E-state index in [1.165, 1.54) is 14.2 Å². The van der Waals surface area contributed by atoms with Crippen molar-refractivity contribution in [2.24, 2.45) is 0 Å². The van der Waals surface area contributed by atoms with Gasteiger partial charge in [0.25, 0.3) is 0 Å². The van der Waals surface area contributed by atoms with E-state index in [4.69, 9.17) is 0 Å². The van der Waals surface area contributed by atoms with Crippen molar-refractivity contribution in [3.05, 3.63) is 21.1 Å². The largest absolute Gasteiger partial charge is 0.467 e. The Hall–Kier alpha value is -2.16. The van der Waals surface area contributed by atoms with Gasteiger partial charge in [0.1, 0.15) is 10.9 Å². The second-order valence-corrected chi connectivity index (χ2v) is 4.75. The lowest BCUT2D eigenvalue weighted by molar-refractivity contribution is -0.383. The van der Waals surface area contributed by atoms with Gasteiger partial charge in [0.15, 0.2) is 5.00 Å². The van der Waals surface area contributed by atoms with Crippen LogP contribution in [0.4, 0.5) is 10.7 Å². The highest BCUT2D eigenvalue weighted by molar-refractivity contribution is 7.18. The second-order valence-electron chi connectivity index (χ2n) is 3.70. The number of thiophene rings is 1. The van der Waals surface area contributed by atoms with Gasteiger partial charge < -0.3 is 14.8 Å². The average Bonchev–Trinajstić information content (AvgIpc) is 2.87. The lowest BCUT2D eigenvalue weighted by Crippen LogP contribution is -2.29. The zero-order valence-electron chi connectivity index (χ0n) is 11.2. The fourth-order valence-electron chi connectivity index (χ4n) is 1.45. The molecule has 0 aliphatic rings. The van der Waals surface area contributed by atoms with Crippen LogP contribution < -0.4 is 5.32 Å². The first-order chi connectivity index (χ1) is 9.44. The van der Waals surface area contributed by atoms with E-state index >= 15 is 0 Å².